The number of benzene rings is 3. The summed E-state index contributed by atoms with van der Waals surface area (Å²) in [5, 5.41) is 0. The van der Waals surface area contributed by atoms with Gasteiger partial charge in [-0.2, -0.15) is 8.78 Å². The van der Waals surface area contributed by atoms with Crippen LogP contribution < -0.4 is 9.64 Å². The minimum atomic E-state index is -3.65. The van der Waals surface area contributed by atoms with Crippen LogP contribution >= 0.6 is 0 Å². The number of carbonyl (C=O) groups excluding carboxylic acids is 1. The Hall–Kier alpha value is -3.28. The monoisotopic (exact) mass is 383 g/mol. The van der Waals surface area contributed by atoms with Crippen LogP contribution in [0.15, 0.2) is 78.9 Å². The highest BCUT2D eigenvalue weighted by atomic mass is 19.3. The number of β-lactam (4-membered cyclic amide) rings is 1. The molecule has 0 aromatic heterocycles. The number of carbonyl (C=O) groups is 1. The largest absolute Gasteiger partial charge is 0.489 e. The van der Waals surface area contributed by atoms with Crippen LogP contribution in [-0.2, 0) is 11.4 Å². The number of halogens is 3. The SMILES string of the molecule is O=C1N(c2ccc(OCc3ccccc3)cc2)[C@@H](c2ccccc2F)C1(F)F. The van der Waals surface area contributed by atoms with E-state index in [1.165, 1.54) is 30.3 Å². The first-order valence-corrected chi connectivity index (χ1v) is 8.71. The van der Waals surface area contributed by atoms with Gasteiger partial charge in [-0.05, 0) is 35.9 Å². The highest BCUT2D eigenvalue weighted by molar-refractivity contribution is 6.07. The third-order valence-corrected chi connectivity index (χ3v) is 4.67. The topological polar surface area (TPSA) is 29.5 Å². The molecule has 1 aliphatic heterocycles. The third-order valence-electron chi connectivity index (χ3n) is 4.67. The Morgan fingerprint density at radius 2 is 1.54 bits per heavy atom. The summed E-state index contributed by atoms with van der Waals surface area (Å²) in [4.78, 5) is 12.9. The summed E-state index contributed by atoms with van der Waals surface area (Å²) < 4.78 is 48.1. The molecule has 1 saturated heterocycles. The molecule has 3 nitrogen and oxygen atoms in total. The number of amides is 1. The zero-order chi connectivity index (χ0) is 19.7. The van der Waals surface area contributed by atoms with Gasteiger partial charge in [-0.15, -0.1) is 0 Å². The first kappa shape index (κ1) is 18.1. The summed E-state index contributed by atoms with van der Waals surface area (Å²) in [7, 11) is 0. The van der Waals surface area contributed by atoms with Crippen LogP contribution in [0, 0.1) is 5.82 Å². The molecule has 3 aromatic carbocycles. The van der Waals surface area contributed by atoms with E-state index in [9.17, 15) is 18.0 Å². The minimum Gasteiger partial charge on any atom is -0.489 e. The highest BCUT2D eigenvalue weighted by Crippen LogP contribution is 2.50. The fourth-order valence-corrected chi connectivity index (χ4v) is 3.23. The molecular formula is C22H16F3NO2. The maximum atomic E-state index is 14.2. The number of hydrogen-bond donors (Lipinski definition) is 0. The van der Waals surface area contributed by atoms with E-state index in [0.717, 1.165) is 16.5 Å². The zero-order valence-electron chi connectivity index (χ0n) is 14.7. The van der Waals surface area contributed by atoms with E-state index in [0.29, 0.717) is 12.4 Å². The number of anilines is 1. The van der Waals surface area contributed by atoms with Crippen LogP contribution in [0.5, 0.6) is 5.75 Å². The Morgan fingerprint density at radius 1 is 0.893 bits per heavy atom. The van der Waals surface area contributed by atoms with Gasteiger partial charge in [-0.3, -0.25) is 9.69 Å². The number of hydrogen-bond acceptors (Lipinski definition) is 2. The first-order valence-electron chi connectivity index (χ1n) is 8.71. The quantitative estimate of drug-likeness (QED) is 0.572. The Kier molecular flexibility index (Phi) is 4.55. The molecule has 1 fully saturated rings. The summed E-state index contributed by atoms with van der Waals surface area (Å²) in [6.07, 6.45) is 0. The van der Waals surface area contributed by atoms with E-state index in [2.05, 4.69) is 0 Å². The average Bonchev–Trinajstić information content (AvgIpc) is 2.72. The number of alkyl halides is 2. The molecule has 1 atom stereocenters. The first-order chi connectivity index (χ1) is 13.5. The molecule has 4 rings (SSSR count). The van der Waals surface area contributed by atoms with Gasteiger partial charge >= 0.3 is 11.8 Å². The smallest absolute Gasteiger partial charge is 0.349 e. The molecule has 1 amide bonds. The molecular weight excluding hydrogens is 367 g/mol. The summed E-state index contributed by atoms with van der Waals surface area (Å²) in [5.41, 5.74) is 1.04. The molecule has 28 heavy (non-hydrogen) atoms. The van der Waals surface area contributed by atoms with Crippen molar-refractivity contribution in [2.75, 3.05) is 4.90 Å². The van der Waals surface area contributed by atoms with Gasteiger partial charge in [0.25, 0.3) is 0 Å². The van der Waals surface area contributed by atoms with E-state index >= 15 is 0 Å². The van der Waals surface area contributed by atoms with E-state index in [-0.39, 0.29) is 11.3 Å². The van der Waals surface area contributed by atoms with Crippen LogP contribution in [0.3, 0.4) is 0 Å². The lowest BCUT2D eigenvalue weighted by Crippen LogP contribution is -2.64. The number of ether oxygens (including phenoxy) is 1. The molecule has 0 radical (unpaired) electrons. The van der Waals surface area contributed by atoms with Gasteiger partial charge in [0.1, 0.15) is 24.2 Å². The van der Waals surface area contributed by atoms with Crippen molar-refractivity contribution in [3.8, 4) is 5.75 Å². The third kappa shape index (κ3) is 3.11. The van der Waals surface area contributed by atoms with E-state index in [4.69, 9.17) is 4.74 Å². The van der Waals surface area contributed by atoms with Crippen LogP contribution in [-0.4, -0.2) is 11.8 Å². The average molecular weight is 383 g/mol. The van der Waals surface area contributed by atoms with Crippen molar-refractivity contribution in [3.05, 3.63) is 95.8 Å². The van der Waals surface area contributed by atoms with Gasteiger partial charge in [0, 0.05) is 11.3 Å². The van der Waals surface area contributed by atoms with Gasteiger partial charge in [-0.25, -0.2) is 4.39 Å². The zero-order valence-corrected chi connectivity index (χ0v) is 14.7. The van der Waals surface area contributed by atoms with Crippen molar-refractivity contribution >= 4 is 11.6 Å². The summed E-state index contributed by atoms with van der Waals surface area (Å²) >= 11 is 0. The van der Waals surface area contributed by atoms with E-state index < -0.39 is 23.7 Å². The normalized spacial score (nSPS) is 17.9. The van der Waals surface area contributed by atoms with Crippen LogP contribution in [0.4, 0.5) is 18.9 Å². The molecule has 3 aromatic rings. The molecule has 0 N–H and O–H groups in total. The molecule has 0 spiro atoms. The van der Waals surface area contributed by atoms with Crippen molar-refractivity contribution in [3.63, 3.8) is 0 Å². The Morgan fingerprint density at radius 3 is 2.21 bits per heavy atom. The van der Waals surface area contributed by atoms with Crippen molar-refractivity contribution in [1.29, 1.82) is 0 Å². The van der Waals surface area contributed by atoms with E-state index in [1.54, 1.807) is 12.1 Å². The number of rotatable bonds is 5. The fraction of sp³-hybridized carbons (Fsp3) is 0.136. The van der Waals surface area contributed by atoms with Crippen molar-refractivity contribution in [2.45, 2.75) is 18.6 Å². The van der Waals surface area contributed by atoms with Crippen molar-refractivity contribution in [1.82, 2.24) is 0 Å². The van der Waals surface area contributed by atoms with Gasteiger partial charge < -0.3 is 4.74 Å². The predicted octanol–water partition coefficient (Wildman–Crippen LogP) is 5.13. The Balaban J connectivity index is 1.54. The van der Waals surface area contributed by atoms with Crippen LogP contribution in [0.2, 0.25) is 0 Å². The standard InChI is InChI=1S/C22H16F3NO2/c23-19-9-5-4-8-18(19)20-22(24,25)21(27)26(20)16-10-12-17(13-11-16)28-14-15-6-2-1-3-7-15/h1-13,20H,14H2/t20-/m0/s1. The maximum Gasteiger partial charge on any atom is 0.349 e. The lowest BCUT2D eigenvalue weighted by Gasteiger charge is -2.46. The second-order valence-corrected chi connectivity index (χ2v) is 6.49. The second kappa shape index (κ2) is 7.03. The molecule has 1 heterocycles. The Labute approximate surface area is 160 Å². The van der Waals surface area contributed by atoms with Gasteiger partial charge in [0.15, 0.2) is 0 Å². The Bertz CT molecular complexity index is 990. The molecule has 1 aliphatic rings. The summed E-state index contributed by atoms with van der Waals surface area (Å²) in [6, 6.07) is 19.4. The van der Waals surface area contributed by atoms with Crippen LogP contribution in [0.1, 0.15) is 17.2 Å². The molecule has 0 bridgehead atoms. The van der Waals surface area contributed by atoms with Gasteiger partial charge in [0.05, 0.1) is 0 Å². The molecule has 142 valence electrons. The summed E-state index contributed by atoms with van der Waals surface area (Å²) in [6.45, 7) is 0.360. The van der Waals surface area contributed by atoms with Gasteiger partial charge in [0.2, 0.25) is 0 Å². The fourth-order valence-electron chi connectivity index (χ4n) is 3.23. The van der Waals surface area contributed by atoms with E-state index in [1.807, 2.05) is 30.3 Å². The molecule has 0 unspecified atom stereocenters. The lowest BCUT2D eigenvalue weighted by atomic mass is 9.88. The molecule has 6 heteroatoms. The predicted molar refractivity (Wildman–Crippen MR) is 98.8 cm³/mol. The highest BCUT2D eigenvalue weighted by Gasteiger charge is 2.65. The van der Waals surface area contributed by atoms with Crippen molar-refractivity contribution < 1.29 is 22.7 Å². The maximum absolute atomic E-state index is 14.2. The molecule has 0 saturated carbocycles. The minimum absolute atomic E-state index is 0.212. The molecule has 0 aliphatic carbocycles. The van der Waals surface area contributed by atoms with Gasteiger partial charge in [-0.1, -0.05) is 48.5 Å². The second-order valence-electron chi connectivity index (χ2n) is 6.49. The summed E-state index contributed by atoms with van der Waals surface area (Å²) in [5.74, 6) is -5.23. The lowest BCUT2D eigenvalue weighted by molar-refractivity contribution is -0.162. The number of nitrogens with zero attached hydrogens (tertiary/aromatic N) is 1. The van der Waals surface area contributed by atoms with Crippen molar-refractivity contribution in [2.24, 2.45) is 0 Å². The van der Waals surface area contributed by atoms with Crippen LogP contribution in [0.25, 0.3) is 0 Å².